The molecule has 0 aliphatic rings. The maximum Gasteiger partial charge on any atom is 0.212 e. The first-order valence-electron chi connectivity index (χ1n) is 5.85. The van der Waals surface area contributed by atoms with Crippen molar-refractivity contribution in [1.29, 1.82) is 0 Å². The molecule has 4 nitrogen and oxygen atoms in total. The van der Waals surface area contributed by atoms with E-state index in [1.165, 1.54) is 12.3 Å². The molecule has 0 amide bonds. The molecular weight excluding hydrogens is 247 g/mol. The van der Waals surface area contributed by atoms with Crippen LogP contribution in [0.15, 0.2) is 36.5 Å². The lowest BCUT2D eigenvalue weighted by atomic mass is 10.1. The van der Waals surface area contributed by atoms with Crippen LogP contribution in [0.25, 0.3) is 0 Å². The molecule has 2 aromatic rings. The fourth-order valence-electron chi connectivity index (χ4n) is 1.81. The van der Waals surface area contributed by atoms with Gasteiger partial charge in [-0.15, -0.1) is 0 Å². The average molecular weight is 262 g/mol. The maximum absolute atomic E-state index is 12.7. The molecule has 5 heteroatoms. The first kappa shape index (κ1) is 13.1. The van der Waals surface area contributed by atoms with Crippen LogP contribution in [0.5, 0.6) is 11.5 Å². The van der Waals surface area contributed by atoms with Gasteiger partial charge in [-0.25, -0.2) is 4.98 Å². The largest absolute Gasteiger partial charge is 0.507 e. The predicted octanol–water partition coefficient (Wildman–Crippen LogP) is 3.11. The van der Waals surface area contributed by atoms with E-state index in [-0.39, 0.29) is 11.8 Å². The summed E-state index contributed by atoms with van der Waals surface area (Å²) in [4.78, 5) is 3.56. The number of aromatic hydroxyl groups is 1. The number of aromatic nitrogens is 1. The first-order valence-corrected chi connectivity index (χ1v) is 5.85. The van der Waals surface area contributed by atoms with E-state index in [0.29, 0.717) is 11.4 Å². The molecule has 0 saturated heterocycles. The summed E-state index contributed by atoms with van der Waals surface area (Å²) < 4.78 is 17.7. The third-order valence-corrected chi connectivity index (χ3v) is 2.81. The SMILES string of the molecule is COc1ccc(C(C)Nc2ccc(F)nc2)c(O)c1. The molecule has 0 spiro atoms. The zero-order valence-electron chi connectivity index (χ0n) is 10.7. The van der Waals surface area contributed by atoms with Crippen molar-refractivity contribution in [2.75, 3.05) is 12.4 Å². The summed E-state index contributed by atoms with van der Waals surface area (Å²) in [6.45, 7) is 1.89. The van der Waals surface area contributed by atoms with E-state index in [1.54, 1.807) is 31.4 Å². The summed E-state index contributed by atoms with van der Waals surface area (Å²) in [6.07, 6.45) is 1.41. The lowest BCUT2D eigenvalue weighted by molar-refractivity contribution is 0.406. The van der Waals surface area contributed by atoms with Crippen molar-refractivity contribution in [2.45, 2.75) is 13.0 Å². The molecule has 0 aliphatic carbocycles. The highest BCUT2D eigenvalue weighted by atomic mass is 19.1. The Balaban J connectivity index is 2.15. The number of phenols is 1. The third kappa shape index (κ3) is 3.13. The summed E-state index contributed by atoms with van der Waals surface area (Å²) in [7, 11) is 1.54. The van der Waals surface area contributed by atoms with Gasteiger partial charge in [0.2, 0.25) is 5.95 Å². The summed E-state index contributed by atoms with van der Waals surface area (Å²) in [5.41, 5.74) is 1.41. The van der Waals surface area contributed by atoms with E-state index in [0.717, 1.165) is 5.56 Å². The van der Waals surface area contributed by atoms with E-state index >= 15 is 0 Å². The highest BCUT2D eigenvalue weighted by Gasteiger charge is 2.11. The van der Waals surface area contributed by atoms with Crippen molar-refractivity contribution in [3.63, 3.8) is 0 Å². The molecule has 2 N–H and O–H groups in total. The Morgan fingerprint density at radius 2 is 2.11 bits per heavy atom. The molecular formula is C14H15FN2O2. The summed E-state index contributed by atoms with van der Waals surface area (Å²) in [6, 6.07) is 7.84. The fourth-order valence-corrected chi connectivity index (χ4v) is 1.81. The van der Waals surface area contributed by atoms with Crippen molar-refractivity contribution in [2.24, 2.45) is 0 Å². The number of methoxy groups -OCH3 is 1. The fraction of sp³-hybridized carbons (Fsp3) is 0.214. The van der Waals surface area contributed by atoms with Gasteiger partial charge in [-0.05, 0) is 31.2 Å². The highest BCUT2D eigenvalue weighted by Crippen LogP contribution is 2.30. The van der Waals surface area contributed by atoms with Gasteiger partial charge in [0.1, 0.15) is 11.5 Å². The van der Waals surface area contributed by atoms with Crippen LogP contribution in [0.3, 0.4) is 0 Å². The second-order valence-electron chi connectivity index (χ2n) is 4.16. The number of nitrogens with one attached hydrogen (secondary N) is 1. The molecule has 1 aromatic carbocycles. The topological polar surface area (TPSA) is 54.4 Å². The van der Waals surface area contributed by atoms with Gasteiger partial charge in [-0.1, -0.05) is 0 Å². The van der Waals surface area contributed by atoms with Gasteiger partial charge in [-0.3, -0.25) is 0 Å². The van der Waals surface area contributed by atoms with E-state index in [9.17, 15) is 9.50 Å². The van der Waals surface area contributed by atoms with Crippen molar-refractivity contribution in [3.8, 4) is 11.5 Å². The first-order chi connectivity index (χ1) is 9.10. The van der Waals surface area contributed by atoms with Crippen molar-refractivity contribution >= 4 is 5.69 Å². The number of rotatable bonds is 4. The quantitative estimate of drug-likeness (QED) is 0.831. The Labute approximate surface area is 110 Å². The van der Waals surface area contributed by atoms with E-state index in [4.69, 9.17) is 4.74 Å². The average Bonchev–Trinajstić information content (AvgIpc) is 2.41. The smallest absolute Gasteiger partial charge is 0.212 e. The van der Waals surface area contributed by atoms with Crippen LogP contribution in [0.2, 0.25) is 0 Å². The van der Waals surface area contributed by atoms with Crippen LogP contribution in [0.1, 0.15) is 18.5 Å². The van der Waals surface area contributed by atoms with Gasteiger partial charge in [0, 0.05) is 11.6 Å². The Morgan fingerprint density at radius 3 is 2.68 bits per heavy atom. The Bertz CT molecular complexity index is 558. The maximum atomic E-state index is 12.7. The minimum Gasteiger partial charge on any atom is -0.507 e. The van der Waals surface area contributed by atoms with Crippen LogP contribution in [0, 0.1) is 5.95 Å². The molecule has 1 aromatic heterocycles. The number of benzene rings is 1. The van der Waals surface area contributed by atoms with Gasteiger partial charge in [-0.2, -0.15) is 4.39 Å². The highest BCUT2D eigenvalue weighted by molar-refractivity contribution is 5.47. The Morgan fingerprint density at radius 1 is 1.32 bits per heavy atom. The molecule has 19 heavy (non-hydrogen) atoms. The van der Waals surface area contributed by atoms with Gasteiger partial charge in [0.25, 0.3) is 0 Å². The number of phenolic OH excluding ortho intramolecular Hbond substituents is 1. The molecule has 0 saturated carbocycles. The molecule has 0 fully saturated rings. The van der Waals surface area contributed by atoms with Gasteiger partial charge in [0.05, 0.1) is 25.0 Å². The number of ether oxygens (including phenoxy) is 1. The molecule has 1 atom stereocenters. The standard InChI is InChI=1S/C14H15FN2O2/c1-9(17-10-3-6-14(15)16-8-10)12-5-4-11(19-2)7-13(12)18/h3-9,17-18H,1-2H3. The molecule has 100 valence electrons. The number of hydrogen-bond acceptors (Lipinski definition) is 4. The zero-order chi connectivity index (χ0) is 13.8. The summed E-state index contributed by atoms with van der Waals surface area (Å²) >= 11 is 0. The van der Waals surface area contributed by atoms with Crippen LogP contribution < -0.4 is 10.1 Å². The zero-order valence-corrected chi connectivity index (χ0v) is 10.7. The van der Waals surface area contributed by atoms with Crippen LogP contribution >= 0.6 is 0 Å². The van der Waals surface area contributed by atoms with Crippen LogP contribution in [-0.4, -0.2) is 17.2 Å². The number of pyridine rings is 1. The Kier molecular flexibility index (Phi) is 3.85. The molecule has 1 heterocycles. The normalized spacial score (nSPS) is 11.9. The minimum absolute atomic E-state index is 0.141. The van der Waals surface area contributed by atoms with Crippen molar-refractivity contribution < 1.29 is 14.2 Å². The second kappa shape index (κ2) is 5.56. The predicted molar refractivity (Wildman–Crippen MR) is 70.9 cm³/mol. The second-order valence-corrected chi connectivity index (χ2v) is 4.16. The minimum atomic E-state index is -0.523. The lowest BCUT2D eigenvalue weighted by Crippen LogP contribution is -2.07. The third-order valence-electron chi connectivity index (χ3n) is 2.81. The van der Waals surface area contributed by atoms with Gasteiger partial charge in [0.15, 0.2) is 0 Å². The molecule has 0 radical (unpaired) electrons. The van der Waals surface area contributed by atoms with E-state index in [1.807, 2.05) is 6.92 Å². The number of nitrogens with zero attached hydrogens (tertiary/aromatic N) is 1. The monoisotopic (exact) mass is 262 g/mol. The number of anilines is 1. The van der Waals surface area contributed by atoms with Crippen LogP contribution in [-0.2, 0) is 0 Å². The van der Waals surface area contributed by atoms with Crippen molar-refractivity contribution in [3.05, 3.63) is 48.0 Å². The molecule has 0 aliphatic heterocycles. The molecule has 0 bridgehead atoms. The van der Waals surface area contributed by atoms with Crippen LogP contribution in [0.4, 0.5) is 10.1 Å². The summed E-state index contributed by atoms with van der Waals surface area (Å²) in [5, 5.41) is 13.1. The van der Waals surface area contributed by atoms with Gasteiger partial charge >= 0.3 is 0 Å². The van der Waals surface area contributed by atoms with Crippen molar-refractivity contribution in [1.82, 2.24) is 4.98 Å². The van der Waals surface area contributed by atoms with E-state index < -0.39 is 5.95 Å². The summed E-state index contributed by atoms with van der Waals surface area (Å²) in [5.74, 6) is 0.219. The van der Waals surface area contributed by atoms with Gasteiger partial charge < -0.3 is 15.2 Å². The lowest BCUT2D eigenvalue weighted by Gasteiger charge is -2.17. The molecule has 1 unspecified atom stereocenters. The molecule has 2 rings (SSSR count). The number of hydrogen-bond donors (Lipinski definition) is 2. The Hall–Kier alpha value is -2.30. The number of halogens is 1. The van der Waals surface area contributed by atoms with E-state index in [2.05, 4.69) is 10.3 Å².